The third-order valence-corrected chi connectivity index (χ3v) is 4.60. The average Bonchev–Trinajstić information content (AvgIpc) is 2.97. The Morgan fingerprint density at radius 3 is 3.09 bits per heavy atom. The van der Waals surface area contributed by atoms with Crippen molar-refractivity contribution in [1.29, 1.82) is 5.26 Å². The van der Waals surface area contributed by atoms with E-state index in [-0.39, 0.29) is 0 Å². The number of hydrogen-bond acceptors (Lipinski definition) is 6. The van der Waals surface area contributed by atoms with E-state index in [0.717, 1.165) is 39.0 Å². The third-order valence-electron chi connectivity index (χ3n) is 3.87. The van der Waals surface area contributed by atoms with Crippen LogP contribution < -0.4 is 10.0 Å². The molecular formula is C15H23N5O2S. The van der Waals surface area contributed by atoms with Crippen LogP contribution in [0.4, 0.5) is 5.82 Å². The smallest absolute Gasteiger partial charge is 0.208 e. The molecule has 126 valence electrons. The number of aromatic nitrogens is 1. The van der Waals surface area contributed by atoms with Gasteiger partial charge >= 0.3 is 0 Å². The first-order valence-corrected chi connectivity index (χ1v) is 9.63. The molecule has 0 bridgehead atoms. The van der Waals surface area contributed by atoms with Crippen molar-refractivity contribution >= 4 is 15.8 Å². The quantitative estimate of drug-likeness (QED) is 0.675. The average molecular weight is 337 g/mol. The lowest BCUT2D eigenvalue weighted by Crippen LogP contribution is -2.29. The zero-order chi connectivity index (χ0) is 16.7. The van der Waals surface area contributed by atoms with Gasteiger partial charge in [0.1, 0.15) is 11.9 Å². The first kappa shape index (κ1) is 17.7. The fourth-order valence-electron chi connectivity index (χ4n) is 2.72. The molecule has 1 saturated heterocycles. The predicted octanol–water partition coefficient (Wildman–Crippen LogP) is 0.626. The van der Waals surface area contributed by atoms with Crippen molar-refractivity contribution in [3.8, 4) is 6.07 Å². The van der Waals surface area contributed by atoms with E-state index in [1.807, 2.05) is 0 Å². The number of nitrogens with one attached hydrogen (secondary N) is 2. The van der Waals surface area contributed by atoms with E-state index in [9.17, 15) is 8.42 Å². The fraction of sp³-hybridized carbons (Fsp3) is 0.600. The zero-order valence-electron chi connectivity index (χ0n) is 13.3. The second-order valence-electron chi connectivity index (χ2n) is 5.87. The number of sulfonamides is 1. The second kappa shape index (κ2) is 8.24. The van der Waals surface area contributed by atoms with Crippen molar-refractivity contribution in [3.05, 3.63) is 23.9 Å². The Morgan fingerprint density at radius 2 is 2.35 bits per heavy atom. The highest BCUT2D eigenvalue weighted by Gasteiger charge is 2.22. The summed E-state index contributed by atoms with van der Waals surface area (Å²) in [6, 6.07) is 5.65. The highest BCUT2D eigenvalue weighted by Crippen LogP contribution is 2.18. The summed E-state index contributed by atoms with van der Waals surface area (Å²) in [4.78, 5) is 6.55. The summed E-state index contributed by atoms with van der Waals surface area (Å²) in [7, 11) is -3.09. The van der Waals surface area contributed by atoms with Crippen LogP contribution in [0.5, 0.6) is 0 Å². The van der Waals surface area contributed by atoms with E-state index in [1.54, 1.807) is 18.3 Å². The predicted molar refractivity (Wildman–Crippen MR) is 89.5 cm³/mol. The Morgan fingerprint density at radius 1 is 1.52 bits per heavy atom. The Bertz CT molecular complexity index is 656. The van der Waals surface area contributed by atoms with Crippen LogP contribution in [0.2, 0.25) is 0 Å². The van der Waals surface area contributed by atoms with Crippen LogP contribution in [0.3, 0.4) is 0 Å². The molecule has 0 saturated carbocycles. The summed E-state index contributed by atoms with van der Waals surface area (Å²) in [5.74, 6) is 1.16. The fourth-order valence-corrected chi connectivity index (χ4v) is 3.24. The molecule has 0 amide bonds. The summed E-state index contributed by atoms with van der Waals surface area (Å²) in [6.45, 7) is 4.19. The molecule has 0 radical (unpaired) electrons. The maximum atomic E-state index is 11.0. The van der Waals surface area contributed by atoms with Gasteiger partial charge in [-0.1, -0.05) is 0 Å². The Balaban J connectivity index is 1.68. The van der Waals surface area contributed by atoms with Crippen LogP contribution in [0, 0.1) is 17.2 Å². The van der Waals surface area contributed by atoms with E-state index in [0.29, 0.717) is 23.8 Å². The van der Waals surface area contributed by atoms with E-state index in [4.69, 9.17) is 5.26 Å². The van der Waals surface area contributed by atoms with Gasteiger partial charge in [-0.3, -0.25) is 0 Å². The number of nitriles is 1. The minimum atomic E-state index is -3.09. The van der Waals surface area contributed by atoms with Gasteiger partial charge in [0.25, 0.3) is 0 Å². The molecule has 1 aliphatic heterocycles. The first-order valence-electron chi connectivity index (χ1n) is 7.74. The molecule has 2 rings (SSSR count). The topological polar surface area (TPSA) is 98.1 Å². The number of anilines is 1. The van der Waals surface area contributed by atoms with E-state index in [1.165, 1.54) is 6.26 Å². The highest BCUT2D eigenvalue weighted by atomic mass is 32.2. The maximum absolute atomic E-state index is 11.0. The molecule has 1 aliphatic rings. The monoisotopic (exact) mass is 337 g/mol. The zero-order valence-corrected chi connectivity index (χ0v) is 14.1. The van der Waals surface area contributed by atoms with E-state index in [2.05, 4.69) is 26.0 Å². The molecule has 2 heterocycles. The third kappa shape index (κ3) is 6.14. The van der Waals surface area contributed by atoms with Gasteiger partial charge in [-0.15, -0.1) is 0 Å². The highest BCUT2D eigenvalue weighted by molar-refractivity contribution is 7.88. The molecule has 1 atom stereocenters. The summed E-state index contributed by atoms with van der Waals surface area (Å²) in [5, 5.41) is 12.3. The van der Waals surface area contributed by atoms with Gasteiger partial charge in [0.05, 0.1) is 11.8 Å². The minimum absolute atomic E-state index is 0.484. The Hall–Kier alpha value is -1.69. The van der Waals surface area contributed by atoms with Gasteiger partial charge < -0.3 is 10.2 Å². The summed E-state index contributed by atoms with van der Waals surface area (Å²) in [6.07, 6.45) is 4.77. The lowest BCUT2D eigenvalue weighted by atomic mass is 10.1. The Kier molecular flexibility index (Phi) is 6.33. The number of nitrogens with zero attached hydrogens (tertiary/aromatic N) is 3. The minimum Gasteiger partial charge on any atom is -0.369 e. The number of pyridine rings is 1. The molecule has 1 aromatic heterocycles. The molecule has 0 spiro atoms. The van der Waals surface area contributed by atoms with Crippen molar-refractivity contribution in [3.63, 3.8) is 0 Å². The molecule has 7 nitrogen and oxygen atoms in total. The van der Waals surface area contributed by atoms with Gasteiger partial charge in [-0.05, 0) is 44.0 Å². The maximum Gasteiger partial charge on any atom is 0.208 e. The van der Waals surface area contributed by atoms with Crippen LogP contribution in [0.25, 0.3) is 0 Å². The van der Waals surface area contributed by atoms with Crippen molar-refractivity contribution in [2.75, 3.05) is 44.3 Å². The molecule has 0 aliphatic carbocycles. The van der Waals surface area contributed by atoms with Gasteiger partial charge in [0.15, 0.2) is 0 Å². The SMILES string of the molecule is CS(=O)(=O)NCCCN1CC[C@@H](CNc2ncccc2C#N)C1. The molecule has 8 heteroatoms. The molecule has 2 N–H and O–H groups in total. The van der Waals surface area contributed by atoms with Crippen LogP contribution in [-0.2, 0) is 10.0 Å². The van der Waals surface area contributed by atoms with Gasteiger partial charge in [0.2, 0.25) is 10.0 Å². The lowest BCUT2D eigenvalue weighted by molar-refractivity contribution is 0.322. The molecule has 0 unspecified atom stereocenters. The van der Waals surface area contributed by atoms with Gasteiger partial charge in [-0.2, -0.15) is 5.26 Å². The van der Waals surface area contributed by atoms with Gasteiger partial charge in [-0.25, -0.2) is 18.1 Å². The van der Waals surface area contributed by atoms with Crippen LogP contribution in [-0.4, -0.2) is 57.3 Å². The number of hydrogen-bond donors (Lipinski definition) is 2. The van der Waals surface area contributed by atoms with Crippen molar-refractivity contribution in [2.24, 2.45) is 5.92 Å². The summed E-state index contributed by atoms with van der Waals surface area (Å²) in [5.41, 5.74) is 0.564. The van der Waals surface area contributed by atoms with Gasteiger partial charge in [0, 0.05) is 25.8 Å². The first-order chi connectivity index (χ1) is 11.0. The lowest BCUT2D eigenvalue weighted by Gasteiger charge is -2.16. The molecule has 1 fully saturated rings. The van der Waals surface area contributed by atoms with E-state index >= 15 is 0 Å². The normalized spacial score (nSPS) is 18.7. The van der Waals surface area contributed by atoms with Crippen molar-refractivity contribution < 1.29 is 8.42 Å². The van der Waals surface area contributed by atoms with Crippen molar-refractivity contribution in [1.82, 2.24) is 14.6 Å². The van der Waals surface area contributed by atoms with Crippen molar-refractivity contribution in [2.45, 2.75) is 12.8 Å². The van der Waals surface area contributed by atoms with Crippen LogP contribution in [0.15, 0.2) is 18.3 Å². The largest absolute Gasteiger partial charge is 0.369 e. The standard InChI is InChI=1S/C15H23N5O2S/c1-23(21,22)19-7-3-8-20-9-5-13(12-20)11-18-15-14(10-16)4-2-6-17-15/h2,4,6,13,19H,3,5,7-9,11-12H2,1H3,(H,17,18)/t13-/m0/s1. The number of rotatable bonds is 8. The summed E-state index contributed by atoms with van der Waals surface area (Å²) < 4.78 is 24.5. The Labute approximate surface area is 137 Å². The molecular weight excluding hydrogens is 314 g/mol. The summed E-state index contributed by atoms with van der Waals surface area (Å²) >= 11 is 0. The molecule has 0 aromatic carbocycles. The van der Waals surface area contributed by atoms with Crippen LogP contribution >= 0.6 is 0 Å². The second-order valence-corrected chi connectivity index (χ2v) is 7.70. The van der Waals surface area contributed by atoms with E-state index < -0.39 is 10.0 Å². The van der Waals surface area contributed by atoms with Crippen LogP contribution in [0.1, 0.15) is 18.4 Å². The molecule has 23 heavy (non-hydrogen) atoms. The number of likely N-dealkylation sites (tertiary alicyclic amines) is 1. The molecule has 1 aromatic rings.